The molecule has 142 valence electrons. The van der Waals surface area contributed by atoms with Gasteiger partial charge in [-0.05, 0) is 58.5 Å². The number of amides is 2. The number of nitrogens with one attached hydrogen (secondary N) is 2. The van der Waals surface area contributed by atoms with Gasteiger partial charge in [0.15, 0.2) is 11.5 Å². The van der Waals surface area contributed by atoms with Crippen LogP contribution >= 0.6 is 34.2 Å². The summed E-state index contributed by atoms with van der Waals surface area (Å²) in [6.45, 7) is 0. The predicted octanol–water partition coefficient (Wildman–Crippen LogP) is 3.53. The Hall–Kier alpha value is -2.33. The zero-order valence-corrected chi connectivity index (χ0v) is 17.2. The van der Waals surface area contributed by atoms with E-state index in [2.05, 4.69) is 15.8 Å². The minimum absolute atomic E-state index is 0.0127. The number of nitrogens with zero attached hydrogens (tertiary/aromatic N) is 1. The van der Waals surface area contributed by atoms with E-state index >= 15 is 0 Å². The van der Waals surface area contributed by atoms with Crippen LogP contribution in [0.25, 0.3) is 0 Å². The summed E-state index contributed by atoms with van der Waals surface area (Å²) in [5.74, 6) is -0.334. The SMILES string of the molecule is COc1cc(C=NNC(=O)CCC(=O)Nc2cccc(Cl)c2)cc(I)c1O. The number of phenols is 1. The van der Waals surface area contributed by atoms with Crippen LogP contribution in [-0.4, -0.2) is 30.2 Å². The Bertz CT molecular complexity index is 874. The molecule has 0 aliphatic heterocycles. The molecule has 2 amide bonds. The van der Waals surface area contributed by atoms with Crippen LogP contribution in [0.3, 0.4) is 0 Å². The zero-order valence-electron chi connectivity index (χ0n) is 14.3. The summed E-state index contributed by atoms with van der Waals surface area (Å²) in [4.78, 5) is 23.6. The zero-order chi connectivity index (χ0) is 19.8. The molecule has 0 bridgehead atoms. The average Bonchev–Trinajstić information content (AvgIpc) is 2.62. The van der Waals surface area contributed by atoms with Gasteiger partial charge in [0.25, 0.3) is 0 Å². The second kappa shape index (κ2) is 10.1. The lowest BCUT2D eigenvalue weighted by Crippen LogP contribution is -2.20. The normalized spacial score (nSPS) is 10.6. The molecule has 3 N–H and O–H groups in total. The van der Waals surface area contributed by atoms with Crippen LogP contribution in [0, 0.1) is 3.57 Å². The average molecular weight is 502 g/mol. The summed E-state index contributed by atoms with van der Waals surface area (Å²) < 4.78 is 5.65. The summed E-state index contributed by atoms with van der Waals surface area (Å²) in [5.41, 5.74) is 3.57. The van der Waals surface area contributed by atoms with E-state index in [1.165, 1.54) is 13.3 Å². The van der Waals surface area contributed by atoms with Gasteiger partial charge in [0.1, 0.15) is 0 Å². The fourth-order valence-electron chi connectivity index (χ4n) is 2.08. The van der Waals surface area contributed by atoms with Crippen LogP contribution in [0.4, 0.5) is 5.69 Å². The molecule has 0 radical (unpaired) electrons. The molecular formula is C18H17ClIN3O4. The van der Waals surface area contributed by atoms with E-state index in [4.69, 9.17) is 16.3 Å². The van der Waals surface area contributed by atoms with Crippen molar-refractivity contribution < 1.29 is 19.4 Å². The molecule has 2 rings (SSSR count). The summed E-state index contributed by atoms with van der Waals surface area (Å²) in [6.07, 6.45) is 1.42. The topological polar surface area (TPSA) is 100 Å². The largest absolute Gasteiger partial charge is 0.504 e. The van der Waals surface area contributed by atoms with Crippen molar-refractivity contribution in [1.82, 2.24) is 5.43 Å². The Morgan fingerprint density at radius 1 is 1.26 bits per heavy atom. The molecule has 0 atom stereocenters. The number of hydrazone groups is 1. The Kier molecular flexibility index (Phi) is 7.86. The third-order valence-electron chi connectivity index (χ3n) is 3.36. The van der Waals surface area contributed by atoms with Gasteiger partial charge in [-0.15, -0.1) is 0 Å². The van der Waals surface area contributed by atoms with Gasteiger partial charge in [-0.2, -0.15) is 5.10 Å². The van der Waals surface area contributed by atoms with E-state index in [1.807, 2.05) is 22.6 Å². The van der Waals surface area contributed by atoms with Crippen molar-refractivity contribution in [3.8, 4) is 11.5 Å². The minimum atomic E-state index is -0.395. The highest BCUT2D eigenvalue weighted by Gasteiger charge is 2.09. The fraction of sp³-hybridized carbons (Fsp3) is 0.167. The van der Waals surface area contributed by atoms with Crippen LogP contribution in [0.5, 0.6) is 11.5 Å². The summed E-state index contributed by atoms with van der Waals surface area (Å²) in [7, 11) is 1.45. The van der Waals surface area contributed by atoms with Crippen molar-refractivity contribution in [3.05, 3.63) is 50.6 Å². The Morgan fingerprint density at radius 2 is 2.00 bits per heavy atom. The Labute approximate surface area is 174 Å². The predicted molar refractivity (Wildman–Crippen MR) is 112 cm³/mol. The van der Waals surface area contributed by atoms with Crippen molar-refractivity contribution in [2.75, 3.05) is 12.4 Å². The molecule has 27 heavy (non-hydrogen) atoms. The molecule has 9 heteroatoms. The lowest BCUT2D eigenvalue weighted by molar-refractivity contribution is -0.124. The van der Waals surface area contributed by atoms with Gasteiger partial charge in [-0.3, -0.25) is 9.59 Å². The van der Waals surface area contributed by atoms with E-state index < -0.39 is 5.91 Å². The molecule has 0 heterocycles. The van der Waals surface area contributed by atoms with Crippen molar-refractivity contribution in [2.45, 2.75) is 12.8 Å². The first-order valence-electron chi connectivity index (χ1n) is 7.83. The van der Waals surface area contributed by atoms with Gasteiger partial charge in [0.2, 0.25) is 11.8 Å². The number of anilines is 1. The number of methoxy groups -OCH3 is 1. The summed E-state index contributed by atoms with van der Waals surface area (Å²) in [5, 5.41) is 16.8. The lowest BCUT2D eigenvalue weighted by atomic mass is 10.2. The number of aromatic hydroxyl groups is 1. The molecule has 0 spiro atoms. The molecule has 7 nitrogen and oxygen atoms in total. The summed E-state index contributed by atoms with van der Waals surface area (Å²) >= 11 is 7.81. The van der Waals surface area contributed by atoms with Gasteiger partial charge in [0, 0.05) is 23.6 Å². The van der Waals surface area contributed by atoms with Crippen LogP contribution in [0.2, 0.25) is 5.02 Å². The molecule has 2 aromatic rings. The summed E-state index contributed by atoms with van der Waals surface area (Å²) in [6, 6.07) is 10.0. The van der Waals surface area contributed by atoms with E-state index in [0.717, 1.165) is 0 Å². The Balaban J connectivity index is 1.81. The Morgan fingerprint density at radius 3 is 2.70 bits per heavy atom. The van der Waals surface area contributed by atoms with E-state index in [-0.39, 0.29) is 24.5 Å². The molecule has 0 fully saturated rings. The van der Waals surface area contributed by atoms with Gasteiger partial charge in [-0.1, -0.05) is 17.7 Å². The third kappa shape index (κ3) is 6.72. The number of phenolic OH excluding ortho intramolecular Hbond substituents is 1. The first-order valence-corrected chi connectivity index (χ1v) is 9.28. The maximum absolute atomic E-state index is 11.9. The molecule has 0 unspecified atom stereocenters. The highest BCUT2D eigenvalue weighted by atomic mass is 127. The lowest BCUT2D eigenvalue weighted by Gasteiger charge is -2.06. The number of hydrogen-bond donors (Lipinski definition) is 3. The first-order chi connectivity index (χ1) is 12.9. The number of carbonyl (C=O) groups excluding carboxylic acids is 2. The standard InChI is InChI=1S/C18H17ClIN3O4/c1-27-15-8-11(7-14(20)18(15)26)10-21-23-17(25)6-5-16(24)22-13-4-2-3-12(19)9-13/h2-4,7-10,26H,5-6H2,1H3,(H,22,24)(H,23,25). The van der Waals surface area contributed by atoms with E-state index in [0.29, 0.717) is 25.6 Å². The molecule has 0 aliphatic rings. The smallest absolute Gasteiger partial charge is 0.240 e. The molecule has 0 aliphatic carbocycles. The second-order valence-corrected chi connectivity index (χ2v) is 7.00. The number of ether oxygens (including phenoxy) is 1. The number of rotatable bonds is 7. The third-order valence-corrected chi connectivity index (χ3v) is 4.42. The number of benzene rings is 2. The van der Waals surface area contributed by atoms with Gasteiger partial charge in [-0.25, -0.2) is 5.43 Å². The number of hydrogen-bond acceptors (Lipinski definition) is 5. The quantitative estimate of drug-likeness (QED) is 0.307. The highest BCUT2D eigenvalue weighted by Crippen LogP contribution is 2.31. The first kappa shape index (κ1) is 21.0. The maximum atomic E-state index is 11.9. The van der Waals surface area contributed by atoms with Crippen molar-refractivity contribution in [2.24, 2.45) is 5.10 Å². The number of halogens is 2. The number of carbonyl (C=O) groups is 2. The molecule has 0 aromatic heterocycles. The molecule has 0 saturated carbocycles. The van der Waals surface area contributed by atoms with Gasteiger partial charge in [0.05, 0.1) is 16.9 Å². The monoisotopic (exact) mass is 501 g/mol. The van der Waals surface area contributed by atoms with Crippen LogP contribution in [-0.2, 0) is 9.59 Å². The van der Waals surface area contributed by atoms with Gasteiger partial charge < -0.3 is 15.2 Å². The minimum Gasteiger partial charge on any atom is -0.504 e. The fourth-order valence-corrected chi connectivity index (χ4v) is 2.89. The van der Waals surface area contributed by atoms with Crippen LogP contribution < -0.4 is 15.5 Å². The van der Waals surface area contributed by atoms with Crippen LogP contribution in [0.1, 0.15) is 18.4 Å². The highest BCUT2D eigenvalue weighted by molar-refractivity contribution is 14.1. The van der Waals surface area contributed by atoms with Crippen molar-refractivity contribution >= 4 is 57.9 Å². The van der Waals surface area contributed by atoms with Crippen LogP contribution in [0.15, 0.2) is 41.5 Å². The molecule has 2 aromatic carbocycles. The second-order valence-electron chi connectivity index (χ2n) is 5.41. The van der Waals surface area contributed by atoms with Crippen molar-refractivity contribution in [1.29, 1.82) is 0 Å². The van der Waals surface area contributed by atoms with Crippen molar-refractivity contribution in [3.63, 3.8) is 0 Å². The van der Waals surface area contributed by atoms with E-state index in [9.17, 15) is 14.7 Å². The van der Waals surface area contributed by atoms with Gasteiger partial charge >= 0.3 is 0 Å². The molecular weight excluding hydrogens is 485 g/mol. The maximum Gasteiger partial charge on any atom is 0.240 e. The molecule has 0 saturated heterocycles. The van der Waals surface area contributed by atoms with E-state index in [1.54, 1.807) is 36.4 Å².